The summed E-state index contributed by atoms with van der Waals surface area (Å²) >= 11 is 1.13. The number of rotatable bonds is 5. The number of carbonyl (C=O) groups is 1. The lowest BCUT2D eigenvalue weighted by atomic mass is 9.95. The summed E-state index contributed by atoms with van der Waals surface area (Å²) in [6.07, 6.45) is 1.01. The van der Waals surface area contributed by atoms with E-state index in [0.29, 0.717) is 5.92 Å². The van der Waals surface area contributed by atoms with Crippen molar-refractivity contribution in [3.05, 3.63) is 17.5 Å². The van der Waals surface area contributed by atoms with Crippen LogP contribution in [0.1, 0.15) is 13.3 Å². The number of hydrogen-bond donors (Lipinski definition) is 3. The average molecular weight is 317 g/mol. The van der Waals surface area contributed by atoms with Crippen molar-refractivity contribution >= 4 is 27.3 Å². The molecule has 1 aromatic rings. The van der Waals surface area contributed by atoms with Gasteiger partial charge in [-0.05, 0) is 30.3 Å². The highest BCUT2D eigenvalue weighted by Gasteiger charge is 2.23. The molecule has 0 bridgehead atoms. The summed E-state index contributed by atoms with van der Waals surface area (Å²) in [6.45, 7) is 3.54. The molecule has 1 aromatic heterocycles. The maximum absolute atomic E-state index is 11.9. The van der Waals surface area contributed by atoms with Gasteiger partial charge in [0, 0.05) is 12.6 Å². The zero-order chi connectivity index (χ0) is 14.6. The van der Waals surface area contributed by atoms with Crippen molar-refractivity contribution in [3.63, 3.8) is 0 Å². The van der Waals surface area contributed by atoms with Gasteiger partial charge in [-0.15, -0.1) is 11.3 Å². The molecule has 20 heavy (non-hydrogen) atoms. The van der Waals surface area contributed by atoms with Crippen LogP contribution in [0.3, 0.4) is 0 Å². The second-order valence-electron chi connectivity index (χ2n) is 4.90. The molecule has 2 rings (SSSR count). The van der Waals surface area contributed by atoms with Gasteiger partial charge in [-0.25, -0.2) is 13.1 Å². The van der Waals surface area contributed by atoms with Crippen molar-refractivity contribution in [2.24, 2.45) is 5.92 Å². The Morgan fingerprint density at radius 2 is 2.35 bits per heavy atom. The number of piperidine rings is 1. The van der Waals surface area contributed by atoms with E-state index in [9.17, 15) is 13.2 Å². The SMILES string of the molecule is CC1CCNCC1NC(=O)CNS(=O)(=O)c1cccs1. The van der Waals surface area contributed by atoms with Crippen LogP contribution in [0.5, 0.6) is 0 Å². The summed E-state index contributed by atoms with van der Waals surface area (Å²) in [6, 6.07) is 3.23. The lowest BCUT2D eigenvalue weighted by Gasteiger charge is -2.30. The lowest BCUT2D eigenvalue weighted by molar-refractivity contribution is -0.121. The lowest BCUT2D eigenvalue weighted by Crippen LogP contribution is -2.52. The van der Waals surface area contributed by atoms with Gasteiger partial charge in [-0.1, -0.05) is 13.0 Å². The number of carbonyl (C=O) groups excluding carboxylic acids is 1. The summed E-state index contributed by atoms with van der Waals surface area (Å²) in [5.74, 6) is 0.0970. The molecule has 8 heteroatoms. The molecule has 0 aliphatic carbocycles. The first-order valence-electron chi connectivity index (χ1n) is 6.52. The van der Waals surface area contributed by atoms with Gasteiger partial charge in [-0.3, -0.25) is 4.79 Å². The van der Waals surface area contributed by atoms with Gasteiger partial charge >= 0.3 is 0 Å². The van der Waals surface area contributed by atoms with Crippen LogP contribution < -0.4 is 15.4 Å². The Kier molecular flexibility index (Phi) is 5.14. The largest absolute Gasteiger partial charge is 0.351 e. The minimum atomic E-state index is -3.57. The number of hydrogen-bond acceptors (Lipinski definition) is 5. The molecule has 1 aliphatic rings. The van der Waals surface area contributed by atoms with Gasteiger partial charge in [0.1, 0.15) is 4.21 Å². The molecule has 1 aliphatic heterocycles. The van der Waals surface area contributed by atoms with E-state index in [2.05, 4.69) is 22.3 Å². The monoisotopic (exact) mass is 317 g/mol. The number of amides is 1. The van der Waals surface area contributed by atoms with Crippen LogP contribution in [-0.4, -0.2) is 40.0 Å². The van der Waals surface area contributed by atoms with Crippen LogP contribution in [-0.2, 0) is 14.8 Å². The Bertz CT molecular complexity index is 542. The van der Waals surface area contributed by atoms with Crippen molar-refractivity contribution in [2.45, 2.75) is 23.6 Å². The van der Waals surface area contributed by atoms with Crippen LogP contribution in [0.2, 0.25) is 0 Å². The van der Waals surface area contributed by atoms with Crippen LogP contribution in [0.4, 0.5) is 0 Å². The van der Waals surface area contributed by atoms with E-state index < -0.39 is 10.0 Å². The maximum atomic E-state index is 11.9. The quantitative estimate of drug-likeness (QED) is 0.721. The van der Waals surface area contributed by atoms with Gasteiger partial charge in [0.25, 0.3) is 10.0 Å². The van der Waals surface area contributed by atoms with Crippen LogP contribution in [0, 0.1) is 5.92 Å². The third kappa shape index (κ3) is 4.02. The average Bonchev–Trinajstić information content (AvgIpc) is 2.94. The normalized spacial score (nSPS) is 23.4. The molecule has 0 saturated carbocycles. The third-order valence-corrected chi connectivity index (χ3v) is 6.16. The fourth-order valence-corrected chi connectivity index (χ4v) is 4.11. The van der Waals surface area contributed by atoms with E-state index in [1.165, 1.54) is 6.07 Å². The second kappa shape index (κ2) is 6.66. The van der Waals surface area contributed by atoms with Gasteiger partial charge in [0.2, 0.25) is 5.91 Å². The fourth-order valence-electron chi connectivity index (χ4n) is 2.09. The zero-order valence-corrected chi connectivity index (χ0v) is 12.9. The van der Waals surface area contributed by atoms with Gasteiger partial charge in [-0.2, -0.15) is 0 Å². The summed E-state index contributed by atoms with van der Waals surface area (Å²) in [4.78, 5) is 11.8. The maximum Gasteiger partial charge on any atom is 0.250 e. The van der Waals surface area contributed by atoms with E-state index in [1.54, 1.807) is 11.4 Å². The molecular formula is C12H19N3O3S2. The summed E-state index contributed by atoms with van der Waals surface area (Å²) in [7, 11) is -3.57. The van der Waals surface area contributed by atoms with E-state index in [0.717, 1.165) is 30.8 Å². The Hall–Kier alpha value is -0.960. The van der Waals surface area contributed by atoms with E-state index in [-0.39, 0.29) is 22.7 Å². The number of sulfonamides is 1. The van der Waals surface area contributed by atoms with E-state index in [4.69, 9.17) is 0 Å². The predicted molar refractivity (Wildman–Crippen MR) is 78.1 cm³/mol. The first-order chi connectivity index (χ1) is 9.49. The molecule has 6 nitrogen and oxygen atoms in total. The van der Waals surface area contributed by atoms with Crippen molar-refractivity contribution < 1.29 is 13.2 Å². The fraction of sp³-hybridized carbons (Fsp3) is 0.583. The molecule has 0 aromatic carbocycles. The minimum absolute atomic E-state index is 0.0579. The molecule has 2 heterocycles. The number of nitrogens with one attached hydrogen (secondary N) is 3. The molecular weight excluding hydrogens is 298 g/mol. The van der Waals surface area contributed by atoms with Gasteiger partial charge < -0.3 is 10.6 Å². The first kappa shape index (κ1) is 15.4. The summed E-state index contributed by atoms with van der Waals surface area (Å²) in [5, 5.41) is 7.76. The van der Waals surface area contributed by atoms with Crippen molar-refractivity contribution in [1.82, 2.24) is 15.4 Å². The van der Waals surface area contributed by atoms with Gasteiger partial charge in [0.05, 0.1) is 6.54 Å². The highest BCUT2D eigenvalue weighted by Crippen LogP contribution is 2.15. The van der Waals surface area contributed by atoms with E-state index in [1.807, 2.05) is 0 Å². The topological polar surface area (TPSA) is 87.3 Å². The highest BCUT2D eigenvalue weighted by molar-refractivity contribution is 7.91. The van der Waals surface area contributed by atoms with Crippen molar-refractivity contribution in [2.75, 3.05) is 19.6 Å². The molecule has 1 fully saturated rings. The first-order valence-corrected chi connectivity index (χ1v) is 8.88. The van der Waals surface area contributed by atoms with Crippen molar-refractivity contribution in [1.29, 1.82) is 0 Å². The molecule has 2 unspecified atom stereocenters. The highest BCUT2D eigenvalue weighted by atomic mass is 32.2. The molecule has 0 spiro atoms. The Morgan fingerprint density at radius 3 is 3.00 bits per heavy atom. The Labute approximate surface area is 123 Å². The van der Waals surface area contributed by atoms with E-state index >= 15 is 0 Å². The van der Waals surface area contributed by atoms with Gasteiger partial charge in [0.15, 0.2) is 0 Å². The molecule has 112 valence electrons. The zero-order valence-electron chi connectivity index (χ0n) is 11.3. The summed E-state index contributed by atoms with van der Waals surface area (Å²) in [5.41, 5.74) is 0. The number of thiophene rings is 1. The van der Waals surface area contributed by atoms with Crippen LogP contribution in [0.25, 0.3) is 0 Å². The minimum Gasteiger partial charge on any atom is -0.351 e. The second-order valence-corrected chi connectivity index (χ2v) is 7.84. The third-order valence-electron chi connectivity index (χ3n) is 3.36. The standard InChI is InChI=1S/C12H19N3O3S2/c1-9-4-5-13-7-10(9)15-11(16)8-14-20(17,18)12-3-2-6-19-12/h2-3,6,9-10,13-14H,4-5,7-8H2,1H3,(H,15,16). The Balaban J connectivity index is 1.83. The Morgan fingerprint density at radius 1 is 1.55 bits per heavy atom. The van der Waals surface area contributed by atoms with Crippen molar-refractivity contribution in [3.8, 4) is 0 Å². The molecule has 2 atom stereocenters. The molecule has 1 saturated heterocycles. The van der Waals surface area contributed by atoms with Crippen LogP contribution in [0.15, 0.2) is 21.7 Å². The smallest absolute Gasteiger partial charge is 0.250 e. The van der Waals surface area contributed by atoms with Crippen LogP contribution >= 0.6 is 11.3 Å². The predicted octanol–water partition coefficient (Wildman–Crippen LogP) is 0.141. The molecule has 3 N–H and O–H groups in total. The molecule has 0 radical (unpaired) electrons. The summed E-state index contributed by atoms with van der Waals surface area (Å²) < 4.78 is 26.3. The molecule has 1 amide bonds.